The average Bonchev–Trinajstić information content (AvgIpc) is 2.17. The first-order valence-corrected chi connectivity index (χ1v) is 7.27. The molecule has 0 bridgehead atoms. The van der Waals surface area contributed by atoms with Crippen LogP contribution in [0.15, 0.2) is 0 Å². The Morgan fingerprint density at radius 3 is 2.38 bits per heavy atom. The van der Waals surface area contributed by atoms with E-state index in [0.717, 1.165) is 0 Å². The Balaban J connectivity index is 2.15. The molecule has 1 heterocycles. The fourth-order valence-corrected chi connectivity index (χ4v) is 2.15. The quantitative estimate of drug-likeness (QED) is 0.847. The summed E-state index contributed by atoms with van der Waals surface area (Å²) in [6.07, 6.45) is -4.56. The van der Waals surface area contributed by atoms with Gasteiger partial charge in [0.1, 0.15) is 5.60 Å². The molecule has 1 atom stereocenters. The molecule has 0 aliphatic carbocycles. The van der Waals surface area contributed by atoms with Gasteiger partial charge in [0.05, 0.1) is 0 Å². The maximum Gasteiger partial charge on any atom is 0.410 e. The highest BCUT2D eigenvalue weighted by atomic mass is 19.4. The topological polar surface area (TPSA) is 41.6 Å². The maximum atomic E-state index is 12.0. The Morgan fingerprint density at radius 2 is 1.90 bits per heavy atom. The van der Waals surface area contributed by atoms with E-state index in [-0.39, 0.29) is 24.6 Å². The van der Waals surface area contributed by atoms with Gasteiger partial charge in [0.25, 0.3) is 0 Å². The predicted molar refractivity (Wildman–Crippen MR) is 74.1 cm³/mol. The van der Waals surface area contributed by atoms with Gasteiger partial charge in [0, 0.05) is 31.6 Å². The molecule has 21 heavy (non-hydrogen) atoms. The van der Waals surface area contributed by atoms with Gasteiger partial charge in [-0.3, -0.25) is 0 Å². The van der Waals surface area contributed by atoms with Crippen LogP contribution < -0.4 is 5.32 Å². The van der Waals surface area contributed by atoms with Gasteiger partial charge in [-0.2, -0.15) is 13.2 Å². The van der Waals surface area contributed by atoms with Gasteiger partial charge >= 0.3 is 12.3 Å². The molecule has 1 aliphatic heterocycles. The van der Waals surface area contributed by atoms with Crippen LogP contribution in [0.25, 0.3) is 0 Å². The summed E-state index contributed by atoms with van der Waals surface area (Å²) in [5.74, 6) is 0. The van der Waals surface area contributed by atoms with Crippen LogP contribution in [0.5, 0.6) is 0 Å². The van der Waals surface area contributed by atoms with Crippen molar-refractivity contribution in [1.29, 1.82) is 0 Å². The van der Waals surface area contributed by atoms with Crippen molar-refractivity contribution in [2.75, 3.05) is 13.1 Å². The first-order chi connectivity index (χ1) is 9.46. The third-order valence-corrected chi connectivity index (χ3v) is 3.15. The number of hydrogen-bond donors (Lipinski definition) is 1. The molecule has 0 aromatic heterocycles. The second-order valence-electron chi connectivity index (χ2n) is 6.66. The third kappa shape index (κ3) is 7.55. The van der Waals surface area contributed by atoms with Crippen molar-refractivity contribution in [3.8, 4) is 0 Å². The molecular formula is C14H25F3N2O2. The Kier molecular flexibility index (Phi) is 5.90. The number of carbonyl (C=O) groups is 1. The van der Waals surface area contributed by atoms with E-state index in [2.05, 4.69) is 5.32 Å². The van der Waals surface area contributed by atoms with Gasteiger partial charge in [-0.1, -0.05) is 0 Å². The van der Waals surface area contributed by atoms with Crippen molar-refractivity contribution in [3.05, 3.63) is 0 Å². The standard InChI is InChI=1S/C14H25F3N2O2/c1-10(6-5-7-14(15,16)17)18-11-8-19(9-11)12(20)21-13(2,3)4/h10-11,18H,5-9H2,1-4H3. The number of nitrogens with zero attached hydrogens (tertiary/aromatic N) is 1. The van der Waals surface area contributed by atoms with Crippen molar-refractivity contribution < 1.29 is 22.7 Å². The van der Waals surface area contributed by atoms with Crippen LogP contribution >= 0.6 is 0 Å². The molecule has 1 fully saturated rings. The van der Waals surface area contributed by atoms with E-state index in [1.54, 1.807) is 4.90 Å². The summed E-state index contributed by atoms with van der Waals surface area (Å²) in [6, 6.07) is 0.150. The molecule has 0 aromatic rings. The molecular weight excluding hydrogens is 285 g/mol. The summed E-state index contributed by atoms with van der Waals surface area (Å²) in [4.78, 5) is 13.3. The van der Waals surface area contributed by atoms with Crippen molar-refractivity contribution in [3.63, 3.8) is 0 Å². The van der Waals surface area contributed by atoms with Crippen LogP contribution in [-0.2, 0) is 4.74 Å². The predicted octanol–water partition coefficient (Wildman–Crippen LogP) is 3.32. The number of amides is 1. The zero-order valence-corrected chi connectivity index (χ0v) is 13.1. The molecule has 7 heteroatoms. The summed E-state index contributed by atoms with van der Waals surface area (Å²) in [6.45, 7) is 8.37. The van der Waals surface area contributed by atoms with Crippen LogP contribution in [0, 0.1) is 0 Å². The van der Waals surface area contributed by atoms with Gasteiger partial charge in [-0.05, 0) is 40.5 Å². The summed E-state index contributed by atoms with van der Waals surface area (Å²) in [5, 5.41) is 3.23. The second kappa shape index (κ2) is 6.85. The highest BCUT2D eigenvalue weighted by Gasteiger charge is 2.34. The molecule has 0 aromatic carbocycles. The highest BCUT2D eigenvalue weighted by Crippen LogP contribution is 2.23. The normalized spacial score (nSPS) is 18.3. The van der Waals surface area contributed by atoms with Gasteiger partial charge in [0.15, 0.2) is 0 Å². The maximum absolute atomic E-state index is 12.0. The monoisotopic (exact) mass is 310 g/mol. The van der Waals surface area contributed by atoms with Crippen molar-refractivity contribution in [2.45, 2.75) is 70.8 Å². The summed E-state index contributed by atoms with van der Waals surface area (Å²) in [5.41, 5.74) is -0.513. The van der Waals surface area contributed by atoms with Gasteiger partial charge in [0.2, 0.25) is 0 Å². The van der Waals surface area contributed by atoms with Gasteiger partial charge in [-0.15, -0.1) is 0 Å². The molecule has 1 saturated heterocycles. The molecule has 124 valence electrons. The first kappa shape index (κ1) is 18.1. The minimum absolute atomic E-state index is 0.0122. The summed E-state index contributed by atoms with van der Waals surface area (Å²) >= 11 is 0. The number of hydrogen-bond acceptors (Lipinski definition) is 3. The zero-order valence-electron chi connectivity index (χ0n) is 13.1. The molecule has 0 spiro atoms. The van der Waals surface area contributed by atoms with E-state index in [1.165, 1.54) is 0 Å². The molecule has 4 nitrogen and oxygen atoms in total. The first-order valence-electron chi connectivity index (χ1n) is 7.27. The van der Waals surface area contributed by atoms with E-state index >= 15 is 0 Å². The second-order valence-corrected chi connectivity index (χ2v) is 6.66. The minimum atomic E-state index is -4.08. The molecule has 1 amide bonds. The molecule has 1 unspecified atom stereocenters. The van der Waals surface area contributed by atoms with Crippen molar-refractivity contribution in [1.82, 2.24) is 10.2 Å². The van der Waals surface area contributed by atoms with E-state index in [1.807, 2.05) is 27.7 Å². The lowest BCUT2D eigenvalue weighted by atomic mass is 10.1. The number of halogens is 3. The molecule has 0 saturated carbocycles. The van der Waals surface area contributed by atoms with Gasteiger partial charge in [-0.25, -0.2) is 4.79 Å². The Morgan fingerprint density at radius 1 is 1.33 bits per heavy atom. The van der Waals surface area contributed by atoms with E-state index in [9.17, 15) is 18.0 Å². The van der Waals surface area contributed by atoms with Crippen LogP contribution in [0.4, 0.5) is 18.0 Å². The van der Waals surface area contributed by atoms with E-state index in [0.29, 0.717) is 19.5 Å². The minimum Gasteiger partial charge on any atom is -0.444 e. The number of carbonyl (C=O) groups excluding carboxylic acids is 1. The van der Waals surface area contributed by atoms with Crippen LogP contribution in [-0.4, -0.2) is 47.9 Å². The fourth-order valence-electron chi connectivity index (χ4n) is 2.15. The number of ether oxygens (including phenoxy) is 1. The van der Waals surface area contributed by atoms with Crippen LogP contribution in [0.2, 0.25) is 0 Å². The Hall–Kier alpha value is -0.980. The number of rotatable bonds is 5. The molecule has 1 aliphatic rings. The van der Waals surface area contributed by atoms with E-state index < -0.39 is 18.2 Å². The molecule has 1 rings (SSSR count). The van der Waals surface area contributed by atoms with Crippen molar-refractivity contribution >= 4 is 6.09 Å². The van der Waals surface area contributed by atoms with Crippen LogP contribution in [0.1, 0.15) is 47.0 Å². The Bertz CT molecular complexity index is 347. The fraction of sp³-hybridized carbons (Fsp3) is 0.929. The summed E-state index contributed by atoms with van der Waals surface area (Å²) in [7, 11) is 0. The van der Waals surface area contributed by atoms with E-state index in [4.69, 9.17) is 4.74 Å². The number of likely N-dealkylation sites (tertiary alicyclic amines) is 1. The zero-order chi connectivity index (χ0) is 16.3. The lowest BCUT2D eigenvalue weighted by Crippen LogP contribution is -2.62. The average molecular weight is 310 g/mol. The highest BCUT2D eigenvalue weighted by molar-refractivity contribution is 5.69. The molecule has 0 radical (unpaired) electrons. The lowest BCUT2D eigenvalue weighted by Gasteiger charge is -2.41. The number of nitrogens with one attached hydrogen (secondary N) is 1. The van der Waals surface area contributed by atoms with Crippen molar-refractivity contribution in [2.24, 2.45) is 0 Å². The number of alkyl halides is 3. The Labute approximate surface area is 124 Å². The third-order valence-electron chi connectivity index (χ3n) is 3.15. The smallest absolute Gasteiger partial charge is 0.410 e. The lowest BCUT2D eigenvalue weighted by molar-refractivity contribution is -0.135. The largest absolute Gasteiger partial charge is 0.444 e. The van der Waals surface area contributed by atoms with Crippen LogP contribution in [0.3, 0.4) is 0 Å². The van der Waals surface area contributed by atoms with Gasteiger partial charge < -0.3 is 15.0 Å². The SMILES string of the molecule is CC(CCCC(F)(F)F)NC1CN(C(=O)OC(C)(C)C)C1. The summed E-state index contributed by atoms with van der Waals surface area (Å²) < 4.78 is 41.4. The molecule has 1 N–H and O–H groups in total.